The highest BCUT2D eigenvalue weighted by Crippen LogP contribution is 2.50. The number of imide groups is 1. The number of nitrogens with zero attached hydrogens (tertiary/aromatic N) is 3. The smallest absolute Gasteiger partial charge is 0.296 e. The minimum Gasteiger partial charge on any atom is -0.296 e. The van der Waals surface area contributed by atoms with E-state index < -0.39 is 0 Å². The molecule has 4 unspecified atom stereocenters. The molecule has 1 aromatic heterocycles. The number of aromatic nitrogens is 3. The van der Waals surface area contributed by atoms with Crippen molar-refractivity contribution in [1.82, 2.24) is 19.2 Å². The molecule has 1 fully saturated rings. The van der Waals surface area contributed by atoms with Gasteiger partial charge in [-0.1, -0.05) is 42.5 Å². The van der Waals surface area contributed by atoms with Crippen molar-refractivity contribution < 1.29 is 9.59 Å². The fraction of sp³-hybridized carbons (Fsp3) is 0.333. The number of benzene rings is 1. The Labute approximate surface area is 164 Å². The number of nitrogens with one attached hydrogen (secondary N) is 1. The summed E-state index contributed by atoms with van der Waals surface area (Å²) < 4.78 is 4.30. The zero-order valence-electron chi connectivity index (χ0n) is 15.4. The van der Waals surface area contributed by atoms with Gasteiger partial charge in [0.1, 0.15) is 0 Å². The van der Waals surface area contributed by atoms with Crippen LogP contribution >= 0.6 is 0 Å². The summed E-state index contributed by atoms with van der Waals surface area (Å²) in [4.78, 5) is 50.7. The molecule has 1 saturated heterocycles. The van der Waals surface area contributed by atoms with Crippen LogP contribution in [0.1, 0.15) is 30.5 Å². The normalized spacial score (nSPS) is 29.0. The highest BCUT2D eigenvalue weighted by molar-refractivity contribution is 6.05. The molecule has 1 N–H and O–H groups in total. The second-order valence-corrected chi connectivity index (χ2v) is 8.13. The van der Waals surface area contributed by atoms with Crippen LogP contribution in [0.2, 0.25) is 0 Å². The molecular formula is C21H18N4O4. The molecule has 5 aliphatic rings. The van der Waals surface area contributed by atoms with Crippen LogP contribution in [-0.4, -0.2) is 25.7 Å². The number of hydrogen-bond donors (Lipinski definition) is 1. The second kappa shape index (κ2) is 5.56. The van der Waals surface area contributed by atoms with E-state index in [0.717, 1.165) is 16.7 Å². The molecule has 4 atom stereocenters. The van der Waals surface area contributed by atoms with Crippen LogP contribution in [0, 0.1) is 11.8 Å². The van der Waals surface area contributed by atoms with Crippen LogP contribution in [0.15, 0.2) is 63.2 Å². The SMILES string of the molecule is O=C1NC(=O)C2CC3=C(CC12)C1C=CC3n2c(=O)n(Cc3ccccc3)c(=O)n21. The Morgan fingerprint density at radius 3 is 1.83 bits per heavy atom. The van der Waals surface area contributed by atoms with E-state index in [-0.39, 0.29) is 53.7 Å². The van der Waals surface area contributed by atoms with E-state index in [1.54, 1.807) is 0 Å². The summed E-state index contributed by atoms with van der Waals surface area (Å²) in [5.74, 6) is -1.22. The molecule has 2 aliphatic carbocycles. The summed E-state index contributed by atoms with van der Waals surface area (Å²) in [7, 11) is 0. The second-order valence-electron chi connectivity index (χ2n) is 8.13. The van der Waals surface area contributed by atoms with Crippen molar-refractivity contribution in [3.63, 3.8) is 0 Å². The van der Waals surface area contributed by atoms with E-state index in [4.69, 9.17) is 0 Å². The van der Waals surface area contributed by atoms with Crippen LogP contribution in [-0.2, 0) is 16.1 Å². The first-order chi connectivity index (χ1) is 14.0. The molecular weight excluding hydrogens is 372 g/mol. The van der Waals surface area contributed by atoms with Crippen molar-refractivity contribution in [3.05, 3.63) is 80.2 Å². The van der Waals surface area contributed by atoms with Gasteiger partial charge in [0.2, 0.25) is 11.8 Å². The van der Waals surface area contributed by atoms with Gasteiger partial charge in [0.25, 0.3) is 0 Å². The number of hydrogen-bond acceptors (Lipinski definition) is 4. The Morgan fingerprint density at radius 2 is 1.31 bits per heavy atom. The standard InChI is InChI=1S/C21H18N4O4/c26-18-14-8-12-13(9-15(14)19(27)22-18)17-7-6-16(12)24-20(28)23(21(29)25(17)24)10-11-4-2-1-3-5-11/h1-7,14-17H,8-10H2,(H,22,26,27). The monoisotopic (exact) mass is 390 g/mol. The molecule has 0 saturated carbocycles. The third-order valence-electron chi connectivity index (χ3n) is 6.68. The third-order valence-corrected chi connectivity index (χ3v) is 6.68. The molecule has 29 heavy (non-hydrogen) atoms. The molecule has 8 heteroatoms. The minimum atomic E-state index is -0.378. The molecule has 2 bridgehead atoms. The third kappa shape index (κ3) is 2.08. The van der Waals surface area contributed by atoms with Gasteiger partial charge in [0, 0.05) is 0 Å². The van der Waals surface area contributed by atoms with E-state index in [9.17, 15) is 19.2 Å². The molecule has 146 valence electrons. The van der Waals surface area contributed by atoms with E-state index >= 15 is 0 Å². The maximum absolute atomic E-state index is 13.2. The first-order valence-electron chi connectivity index (χ1n) is 9.77. The summed E-state index contributed by atoms with van der Waals surface area (Å²) in [6.45, 7) is 0.210. The molecule has 0 radical (unpaired) electrons. The first-order valence-corrected chi connectivity index (χ1v) is 9.77. The van der Waals surface area contributed by atoms with Gasteiger partial charge < -0.3 is 0 Å². The highest BCUT2D eigenvalue weighted by Gasteiger charge is 2.50. The van der Waals surface area contributed by atoms with E-state index in [2.05, 4.69) is 5.32 Å². The number of fused-ring (bicyclic) bond motifs is 1. The van der Waals surface area contributed by atoms with Gasteiger partial charge >= 0.3 is 11.4 Å². The Bertz CT molecular complexity index is 1190. The van der Waals surface area contributed by atoms with Gasteiger partial charge in [-0.25, -0.2) is 23.5 Å². The fourth-order valence-corrected chi connectivity index (χ4v) is 5.32. The minimum absolute atomic E-state index is 0.210. The van der Waals surface area contributed by atoms with E-state index in [1.807, 2.05) is 42.5 Å². The predicted molar refractivity (Wildman–Crippen MR) is 102 cm³/mol. The molecule has 2 aromatic rings. The Morgan fingerprint density at radius 1 is 0.793 bits per heavy atom. The average molecular weight is 390 g/mol. The van der Waals surface area contributed by atoms with Crippen molar-refractivity contribution >= 4 is 11.8 Å². The van der Waals surface area contributed by atoms with Crippen molar-refractivity contribution in [1.29, 1.82) is 0 Å². The number of rotatable bonds is 2. The lowest BCUT2D eigenvalue weighted by Gasteiger charge is -2.42. The van der Waals surface area contributed by atoms with Crippen molar-refractivity contribution in [2.24, 2.45) is 11.8 Å². The van der Waals surface area contributed by atoms with Gasteiger partial charge in [-0.3, -0.25) is 14.9 Å². The average Bonchev–Trinajstić information content (AvgIpc) is 3.16. The number of amides is 2. The molecule has 4 heterocycles. The van der Waals surface area contributed by atoms with Crippen molar-refractivity contribution in [2.45, 2.75) is 31.5 Å². The summed E-state index contributed by atoms with van der Waals surface area (Å²) in [6.07, 6.45) is 4.78. The number of carbonyl (C=O) groups is 2. The van der Waals surface area contributed by atoms with Crippen LogP contribution in [0.4, 0.5) is 0 Å². The predicted octanol–water partition coefficient (Wildman–Crippen LogP) is 0.505. The summed E-state index contributed by atoms with van der Waals surface area (Å²) in [5, 5.41) is 2.43. The molecule has 8 nitrogen and oxygen atoms in total. The molecule has 0 spiro atoms. The maximum atomic E-state index is 13.2. The van der Waals surface area contributed by atoms with Gasteiger partial charge in [-0.15, -0.1) is 0 Å². The van der Waals surface area contributed by atoms with E-state index in [1.165, 1.54) is 13.9 Å². The molecule has 2 amide bonds. The van der Waals surface area contributed by atoms with Crippen LogP contribution in [0.25, 0.3) is 0 Å². The largest absolute Gasteiger partial charge is 0.348 e. The number of carbonyl (C=O) groups excluding carboxylic acids is 2. The highest BCUT2D eigenvalue weighted by atomic mass is 16.2. The lowest BCUT2D eigenvalue weighted by atomic mass is 9.70. The van der Waals surface area contributed by atoms with Gasteiger partial charge in [0.15, 0.2) is 0 Å². The van der Waals surface area contributed by atoms with Crippen molar-refractivity contribution in [3.8, 4) is 0 Å². The molecule has 1 aromatic carbocycles. The van der Waals surface area contributed by atoms with Crippen LogP contribution in [0.3, 0.4) is 0 Å². The Hall–Kier alpha value is -3.42. The van der Waals surface area contributed by atoms with Crippen LogP contribution < -0.4 is 16.7 Å². The molecule has 7 rings (SSSR count). The van der Waals surface area contributed by atoms with Crippen LogP contribution in [0.5, 0.6) is 0 Å². The van der Waals surface area contributed by atoms with Crippen molar-refractivity contribution in [2.75, 3.05) is 0 Å². The van der Waals surface area contributed by atoms with Gasteiger partial charge in [-0.05, 0) is 29.6 Å². The zero-order chi connectivity index (χ0) is 19.9. The lowest BCUT2D eigenvalue weighted by molar-refractivity contribution is -0.126. The first kappa shape index (κ1) is 16.5. The quantitative estimate of drug-likeness (QED) is 0.597. The summed E-state index contributed by atoms with van der Waals surface area (Å²) in [5.41, 5.74) is 2.19. The maximum Gasteiger partial charge on any atom is 0.348 e. The lowest BCUT2D eigenvalue weighted by Crippen LogP contribution is -2.44. The fourth-order valence-electron chi connectivity index (χ4n) is 5.32. The van der Waals surface area contributed by atoms with Gasteiger partial charge in [-0.2, -0.15) is 0 Å². The summed E-state index contributed by atoms with van der Waals surface area (Å²) in [6, 6.07) is 8.65. The summed E-state index contributed by atoms with van der Waals surface area (Å²) >= 11 is 0. The zero-order valence-corrected chi connectivity index (χ0v) is 15.4. The molecule has 3 aliphatic heterocycles. The van der Waals surface area contributed by atoms with Gasteiger partial charge in [0.05, 0.1) is 30.5 Å². The van der Waals surface area contributed by atoms with E-state index in [0.29, 0.717) is 12.8 Å². The topological polar surface area (TPSA) is 95.1 Å². The number of allylic oxidation sites excluding steroid dienone is 4. The Balaban J connectivity index is 1.46. The Kier molecular flexibility index (Phi) is 3.17.